The average Bonchev–Trinajstić information content (AvgIpc) is 2.47. The van der Waals surface area contributed by atoms with Gasteiger partial charge in [0, 0.05) is 47.0 Å². The van der Waals surface area contributed by atoms with E-state index in [9.17, 15) is 9.59 Å². The van der Waals surface area contributed by atoms with Crippen LogP contribution in [0.15, 0.2) is 42.5 Å². The fourth-order valence-corrected chi connectivity index (χ4v) is 2.57. The van der Waals surface area contributed by atoms with Crippen LogP contribution in [0, 0.1) is 0 Å². The normalized spacial score (nSPS) is 10.1. The number of benzene rings is 2. The van der Waals surface area contributed by atoms with Gasteiger partial charge >= 0.3 is 0 Å². The summed E-state index contributed by atoms with van der Waals surface area (Å²) in [6, 6.07) is 12.1. The van der Waals surface area contributed by atoms with Crippen LogP contribution in [0.25, 0.3) is 0 Å². The number of nitrogens with one attached hydrogen (secondary N) is 3. The molecule has 126 valence electrons. The van der Waals surface area contributed by atoms with Crippen molar-refractivity contribution >= 4 is 52.1 Å². The molecule has 0 spiro atoms. The zero-order valence-corrected chi connectivity index (χ0v) is 14.5. The van der Waals surface area contributed by atoms with Crippen molar-refractivity contribution in [2.45, 2.75) is 13.3 Å². The molecule has 0 bridgehead atoms. The third-order valence-corrected chi connectivity index (χ3v) is 3.47. The van der Waals surface area contributed by atoms with E-state index in [1.807, 2.05) is 12.1 Å². The molecule has 0 aliphatic rings. The van der Waals surface area contributed by atoms with Gasteiger partial charge in [0.15, 0.2) is 0 Å². The Morgan fingerprint density at radius 1 is 0.875 bits per heavy atom. The SMILES string of the molecule is CC(=O)Nc1ccc(NCCC(=O)Nc2cc(Cl)cc(Cl)c2)cc1. The molecule has 0 saturated heterocycles. The van der Waals surface area contributed by atoms with Gasteiger partial charge in [0.1, 0.15) is 0 Å². The van der Waals surface area contributed by atoms with Gasteiger partial charge in [0.2, 0.25) is 11.8 Å². The van der Waals surface area contributed by atoms with E-state index >= 15 is 0 Å². The number of anilines is 3. The molecule has 3 N–H and O–H groups in total. The number of carbonyl (C=O) groups is 2. The van der Waals surface area contributed by atoms with Crippen molar-refractivity contribution < 1.29 is 9.59 Å². The van der Waals surface area contributed by atoms with Gasteiger partial charge < -0.3 is 16.0 Å². The maximum atomic E-state index is 11.9. The van der Waals surface area contributed by atoms with Gasteiger partial charge in [-0.25, -0.2) is 0 Å². The Labute approximate surface area is 150 Å². The second kappa shape index (κ2) is 8.57. The van der Waals surface area contributed by atoms with Gasteiger partial charge in [0.25, 0.3) is 0 Å². The van der Waals surface area contributed by atoms with Gasteiger partial charge in [-0.2, -0.15) is 0 Å². The Hall–Kier alpha value is -2.24. The molecule has 0 heterocycles. The highest BCUT2D eigenvalue weighted by atomic mass is 35.5. The highest BCUT2D eigenvalue weighted by Crippen LogP contribution is 2.22. The summed E-state index contributed by atoms with van der Waals surface area (Å²) in [5.74, 6) is -0.260. The van der Waals surface area contributed by atoms with E-state index in [1.165, 1.54) is 6.92 Å². The van der Waals surface area contributed by atoms with Crippen molar-refractivity contribution in [3.8, 4) is 0 Å². The van der Waals surface area contributed by atoms with Crippen LogP contribution in [-0.2, 0) is 9.59 Å². The molecule has 2 aromatic rings. The van der Waals surface area contributed by atoms with Crippen molar-refractivity contribution in [1.29, 1.82) is 0 Å². The van der Waals surface area contributed by atoms with E-state index in [4.69, 9.17) is 23.2 Å². The van der Waals surface area contributed by atoms with Crippen LogP contribution in [0.5, 0.6) is 0 Å². The number of halogens is 2. The zero-order valence-electron chi connectivity index (χ0n) is 13.0. The van der Waals surface area contributed by atoms with E-state index in [0.717, 1.165) is 11.4 Å². The molecule has 0 aliphatic carbocycles. The van der Waals surface area contributed by atoms with Crippen molar-refractivity contribution in [1.82, 2.24) is 0 Å². The molecule has 2 amide bonds. The fraction of sp³-hybridized carbons (Fsp3) is 0.176. The number of hydrogen-bond donors (Lipinski definition) is 3. The molecule has 0 saturated carbocycles. The molecule has 0 atom stereocenters. The maximum Gasteiger partial charge on any atom is 0.226 e. The molecule has 0 aromatic heterocycles. The Morgan fingerprint density at radius 3 is 2.04 bits per heavy atom. The first-order valence-corrected chi connectivity index (χ1v) is 8.05. The molecule has 7 heteroatoms. The fourth-order valence-electron chi connectivity index (χ4n) is 2.04. The van der Waals surface area contributed by atoms with Gasteiger partial charge in [0.05, 0.1) is 0 Å². The predicted molar refractivity (Wildman–Crippen MR) is 98.9 cm³/mol. The molecule has 0 unspecified atom stereocenters. The summed E-state index contributed by atoms with van der Waals surface area (Å²) in [6.07, 6.45) is 0.289. The van der Waals surface area contributed by atoms with Crippen LogP contribution >= 0.6 is 23.2 Å². The van der Waals surface area contributed by atoms with Crippen molar-refractivity contribution in [3.05, 3.63) is 52.5 Å². The monoisotopic (exact) mass is 365 g/mol. The topological polar surface area (TPSA) is 70.2 Å². The third kappa shape index (κ3) is 6.10. The summed E-state index contributed by atoms with van der Waals surface area (Å²) in [5.41, 5.74) is 2.16. The Morgan fingerprint density at radius 2 is 1.46 bits per heavy atom. The average molecular weight is 366 g/mol. The summed E-state index contributed by atoms with van der Waals surface area (Å²) < 4.78 is 0. The Balaban J connectivity index is 1.78. The van der Waals surface area contributed by atoms with Gasteiger partial charge in [-0.3, -0.25) is 9.59 Å². The summed E-state index contributed by atoms with van der Waals surface area (Å²) in [5, 5.41) is 9.51. The lowest BCUT2D eigenvalue weighted by Gasteiger charge is -2.09. The van der Waals surface area contributed by atoms with Crippen LogP contribution in [0.2, 0.25) is 10.0 Å². The highest BCUT2D eigenvalue weighted by molar-refractivity contribution is 6.35. The first kappa shape index (κ1) is 18.1. The molecule has 0 fully saturated rings. The summed E-state index contributed by atoms with van der Waals surface area (Å²) in [7, 11) is 0. The lowest BCUT2D eigenvalue weighted by molar-refractivity contribution is -0.116. The number of hydrogen-bond acceptors (Lipinski definition) is 3. The van der Waals surface area contributed by atoms with E-state index in [-0.39, 0.29) is 18.2 Å². The van der Waals surface area contributed by atoms with Crippen LogP contribution in [-0.4, -0.2) is 18.4 Å². The molecule has 2 aromatic carbocycles. The van der Waals surface area contributed by atoms with Crippen molar-refractivity contribution in [2.24, 2.45) is 0 Å². The lowest BCUT2D eigenvalue weighted by atomic mass is 10.2. The molecule has 24 heavy (non-hydrogen) atoms. The maximum absolute atomic E-state index is 11.9. The van der Waals surface area contributed by atoms with Gasteiger partial charge in [-0.15, -0.1) is 0 Å². The molecular formula is C17H17Cl2N3O2. The van der Waals surface area contributed by atoms with Crippen LogP contribution in [0.1, 0.15) is 13.3 Å². The molecule has 5 nitrogen and oxygen atoms in total. The van der Waals surface area contributed by atoms with Crippen LogP contribution < -0.4 is 16.0 Å². The molecular weight excluding hydrogens is 349 g/mol. The minimum Gasteiger partial charge on any atom is -0.385 e. The molecule has 0 radical (unpaired) electrons. The zero-order chi connectivity index (χ0) is 17.5. The molecule has 2 rings (SSSR count). The van der Waals surface area contributed by atoms with E-state index in [1.54, 1.807) is 30.3 Å². The van der Waals surface area contributed by atoms with Gasteiger partial charge in [-0.1, -0.05) is 23.2 Å². The van der Waals surface area contributed by atoms with E-state index in [2.05, 4.69) is 16.0 Å². The first-order valence-electron chi connectivity index (χ1n) is 7.30. The predicted octanol–water partition coefficient (Wildman–Crippen LogP) is 4.39. The van der Waals surface area contributed by atoms with Crippen LogP contribution in [0.3, 0.4) is 0 Å². The summed E-state index contributed by atoms with van der Waals surface area (Å²) >= 11 is 11.8. The van der Waals surface area contributed by atoms with Gasteiger partial charge in [-0.05, 0) is 42.5 Å². The largest absolute Gasteiger partial charge is 0.385 e. The number of amides is 2. The smallest absolute Gasteiger partial charge is 0.226 e. The summed E-state index contributed by atoms with van der Waals surface area (Å²) in [6.45, 7) is 1.93. The highest BCUT2D eigenvalue weighted by Gasteiger charge is 2.04. The first-order chi connectivity index (χ1) is 11.4. The standard InChI is InChI=1S/C17H17Cl2N3O2/c1-11(23)21-15-4-2-14(3-5-15)20-7-6-17(24)22-16-9-12(18)8-13(19)10-16/h2-5,8-10,20H,6-7H2,1H3,(H,21,23)(H,22,24). The van der Waals surface area contributed by atoms with Crippen LogP contribution in [0.4, 0.5) is 17.1 Å². The quantitative estimate of drug-likeness (QED) is 0.710. The minimum absolute atomic E-state index is 0.117. The number of rotatable bonds is 6. The van der Waals surface area contributed by atoms with Crippen molar-refractivity contribution in [2.75, 3.05) is 22.5 Å². The second-order valence-electron chi connectivity index (χ2n) is 5.14. The molecule has 0 aliphatic heterocycles. The third-order valence-electron chi connectivity index (χ3n) is 3.03. The Bertz CT molecular complexity index is 713. The van der Waals surface area contributed by atoms with E-state index < -0.39 is 0 Å². The lowest BCUT2D eigenvalue weighted by Crippen LogP contribution is -2.16. The van der Waals surface area contributed by atoms with E-state index in [0.29, 0.717) is 22.3 Å². The Kier molecular flexibility index (Phi) is 6.46. The summed E-state index contributed by atoms with van der Waals surface area (Å²) in [4.78, 5) is 22.9. The second-order valence-corrected chi connectivity index (χ2v) is 6.01. The number of carbonyl (C=O) groups excluding carboxylic acids is 2. The minimum atomic E-state index is -0.143. The van der Waals surface area contributed by atoms with Crippen molar-refractivity contribution in [3.63, 3.8) is 0 Å².